The van der Waals surface area contributed by atoms with Crippen molar-refractivity contribution in [2.45, 2.75) is 84.1 Å². The van der Waals surface area contributed by atoms with Crippen molar-refractivity contribution in [1.82, 2.24) is 0 Å². The van der Waals surface area contributed by atoms with Crippen LogP contribution < -0.4 is 5.73 Å². The summed E-state index contributed by atoms with van der Waals surface area (Å²) in [7, 11) is -4.09. The number of Topliss-reactive ketones (excluding diaryl/α,β-unsaturated/α-hetero) is 1. The predicted octanol–water partition coefficient (Wildman–Crippen LogP) is 5.10. The van der Waals surface area contributed by atoms with Gasteiger partial charge in [0.15, 0.2) is 0 Å². The van der Waals surface area contributed by atoms with E-state index < -0.39 is 21.2 Å². The van der Waals surface area contributed by atoms with Crippen LogP contribution in [0, 0.1) is 0 Å². The van der Waals surface area contributed by atoms with E-state index in [2.05, 4.69) is 43.4 Å². The van der Waals surface area contributed by atoms with Gasteiger partial charge in [-0.2, -0.15) is 8.42 Å². The van der Waals surface area contributed by atoms with Crippen molar-refractivity contribution < 1.29 is 27.7 Å². The summed E-state index contributed by atoms with van der Waals surface area (Å²) in [5.74, 6) is -1.35. The predicted molar refractivity (Wildman–Crippen MR) is 130 cm³/mol. The Kier molecular flexibility index (Phi) is 22.3. The maximum absolute atomic E-state index is 10.8. The first kappa shape index (κ1) is 31.8. The summed E-state index contributed by atoms with van der Waals surface area (Å²) in [4.78, 5) is 20.8. The van der Waals surface area contributed by atoms with E-state index in [4.69, 9.17) is 15.4 Å². The molecule has 0 fully saturated rings. The molecule has 0 saturated heterocycles. The Morgan fingerprint density at radius 1 is 0.935 bits per heavy atom. The van der Waals surface area contributed by atoms with Gasteiger partial charge < -0.3 is 15.6 Å². The van der Waals surface area contributed by atoms with E-state index in [1.807, 2.05) is 0 Å². The fraction of sp³-hybridized carbons (Fsp3) is 0.636. The van der Waals surface area contributed by atoms with Crippen molar-refractivity contribution in [3.05, 3.63) is 36.5 Å². The number of carboxylic acid groups (broad SMARTS) is 1. The fourth-order valence-corrected chi connectivity index (χ4v) is 3.64. The topological polar surface area (TPSA) is 135 Å². The monoisotopic (exact) mass is 477 g/mol. The van der Waals surface area contributed by atoms with Crippen molar-refractivity contribution in [1.29, 1.82) is 0 Å². The molecule has 0 saturated carbocycles. The van der Waals surface area contributed by atoms with Crippen LogP contribution >= 0.6 is 10.8 Å². The molecule has 0 amide bonds. The van der Waals surface area contributed by atoms with Crippen molar-refractivity contribution in [3.63, 3.8) is 0 Å². The summed E-state index contributed by atoms with van der Waals surface area (Å²) < 4.78 is 28.2. The largest absolute Gasteiger partial charge is 0.480 e. The van der Waals surface area contributed by atoms with Crippen LogP contribution in [0.1, 0.15) is 78.1 Å². The van der Waals surface area contributed by atoms with Crippen molar-refractivity contribution in [3.8, 4) is 0 Å². The van der Waals surface area contributed by atoms with Crippen molar-refractivity contribution in [2.75, 3.05) is 5.75 Å². The quantitative estimate of drug-likeness (QED) is 0.114. The van der Waals surface area contributed by atoms with Gasteiger partial charge in [-0.25, -0.2) is 0 Å². The lowest BCUT2D eigenvalue weighted by Gasteiger charge is -2.01. The minimum absolute atomic E-state index is 0.0919. The number of carboxylic acids is 1. The number of aliphatic carboxylic acids is 1. The molecule has 1 atom stereocenters. The number of allylic oxidation sites excluding steroid dienone is 6. The lowest BCUT2D eigenvalue weighted by Crippen LogP contribution is -2.32. The zero-order valence-electron chi connectivity index (χ0n) is 18.7. The maximum Gasteiger partial charge on any atom is 0.321 e. The van der Waals surface area contributed by atoms with Crippen LogP contribution in [0.5, 0.6) is 0 Å². The van der Waals surface area contributed by atoms with Crippen LogP contribution in [0.15, 0.2) is 36.5 Å². The van der Waals surface area contributed by atoms with Gasteiger partial charge in [-0.3, -0.25) is 9.35 Å². The molecule has 0 radical (unpaired) electrons. The van der Waals surface area contributed by atoms with Gasteiger partial charge in [-0.1, -0.05) is 62.6 Å². The molecule has 0 heterocycles. The Morgan fingerprint density at radius 2 is 1.45 bits per heavy atom. The van der Waals surface area contributed by atoms with E-state index >= 15 is 0 Å². The van der Waals surface area contributed by atoms with Crippen LogP contribution in [0.25, 0.3) is 0 Å². The molecule has 0 unspecified atom stereocenters. The highest BCUT2D eigenvalue weighted by atomic mass is 33.1. The number of carbonyl (C=O) groups is 2. The number of carbonyl (C=O) groups excluding carboxylic acids is 1. The molecule has 0 aromatic heterocycles. The van der Waals surface area contributed by atoms with Gasteiger partial charge in [-0.05, 0) is 56.2 Å². The minimum atomic E-state index is -4.18. The average Bonchev–Trinajstić information content (AvgIpc) is 2.68. The third-order valence-electron chi connectivity index (χ3n) is 3.89. The van der Waals surface area contributed by atoms with Gasteiger partial charge in [0.2, 0.25) is 0 Å². The molecule has 0 bridgehead atoms. The Morgan fingerprint density at radius 3 is 1.97 bits per heavy atom. The van der Waals surface area contributed by atoms with E-state index in [9.17, 15) is 18.0 Å². The molecule has 4 N–H and O–H groups in total. The molecule has 0 aromatic carbocycles. The first-order chi connectivity index (χ1) is 14.6. The van der Waals surface area contributed by atoms with E-state index in [1.54, 1.807) is 6.92 Å². The molecule has 0 aromatic rings. The van der Waals surface area contributed by atoms with Gasteiger partial charge in [0.25, 0.3) is 0 Å². The fourth-order valence-electron chi connectivity index (χ4n) is 2.22. The van der Waals surface area contributed by atoms with E-state index in [0.717, 1.165) is 32.1 Å². The van der Waals surface area contributed by atoms with Crippen LogP contribution in [0.3, 0.4) is 0 Å². The molecule has 0 rings (SSSR count). The summed E-state index contributed by atoms with van der Waals surface area (Å²) in [5, 5.41) is 8.16. The minimum Gasteiger partial charge on any atom is -0.480 e. The Balaban J connectivity index is 0. The molecule has 31 heavy (non-hydrogen) atoms. The number of rotatable bonds is 17. The van der Waals surface area contributed by atoms with E-state index in [0.29, 0.717) is 5.78 Å². The molecule has 0 spiro atoms. The van der Waals surface area contributed by atoms with Crippen LogP contribution in [-0.4, -0.2) is 41.6 Å². The number of nitrogens with two attached hydrogens (primary N) is 1. The third-order valence-corrected chi connectivity index (χ3v) is 5.99. The van der Waals surface area contributed by atoms with Crippen LogP contribution in [0.2, 0.25) is 0 Å². The molecular formula is C22H39NO6S2. The summed E-state index contributed by atoms with van der Waals surface area (Å²) in [6.07, 6.45) is 24.7. The lowest BCUT2D eigenvalue weighted by atomic mass is 10.1. The molecule has 0 aliphatic heterocycles. The van der Waals surface area contributed by atoms with Gasteiger partial charge in [0, 0.05) is 12.2 Å². The zero-order chi connectivity index (χ0) is 24.0. The van der Waals surface area contributed by atoms with Crippen LogP contribution in [0.4, 0.5) is 0 Å². The van der Waals surface area contributed by atoms with Crippen molar-refractivity contribution >= 4 is 31.7 Å². The second-order valence-electron chi connectivity index (χ2n) is 6.96. The second kappa shape index (κ2) is 21.8. The summed E-state index contributed by atoms with van der Waals surface area (Å²) in [6.45, 7) is 3.84. The summed E-state index contributed by atoms with van der Waals surface area (Å²) >= 11 is 0. The summed E-state index contributed by atoms with van der Waals surface area (Å²) in [5.41, 5.74) is 4.93. The zero-order valence-corrected chi connectivity index (χ0v) is 20.4. The number of hydrogen-bond donors (Lipinski definition) is 3. The number of ketones is 1. The highest BCUT2D eigenvalue weighted by Crippen LogP contribution is 2.09. The average molecular weight is 478 g/mol. The first-order valence-electron chi connectivity index (χ1n) is 10.6. The highest BCUT2D eigenvalue weighted by molar-refractivity contribution is 8.69. The number of hydrogen-bond acceptors (Lipinski definition) is 6. The molecule has 180 valence electrons. The first-order valence-corrected chi connectivity index (χ1v) is 13.6. The van der Waals surface area contributed by atoms with E-state index in [1.165, 1.54) is 32.1 Å². The molecule has 7 nitrogen and oxygen atoms in total. The third kappa shape index (κ3) is 30.9. The molecule has 0 aliphatic rings. The highest BCUT2D eigenvalue weighted by Gasteiger charge is 2.15. The molecular weight excluding hydrogens is 438 g/mol. The maximum atomic E-state index is 10.8. The normalized spacial score (nSPS) is 12.9. The molecule has 9 heteroatoms. The van der Waals surface area contributed by atoms with E-state index in [-0.39, 0.29) is 16.5 Å². The molecule has 0 aliphatic carbocycles. The number of unbranched alkanes of at least 4 members (excludes halogenated alkanes) is 5. The van der Waals surface area contributed by atoms with Gasteiger partial charge in [0.1, 0.15) is 11.8 Å². The van der Waals surface area contributed by atoms with Gasteiger partial charge in [-0.15, -0.1) is 0 Å². The standard InChI is InChI=1S/C19H32O.C3H7NO5S2/c1-3-4-5-6-7-8-9-10-11-12-13-14-15-16-17-18-19(2)20;4-2(3(5)6)1-10-11(7,8)9/h4-5,7-8,10-11H,3,6,9,12-18H2,1-2H3;2H,1,4H2,(H,5,6)(H,7,8,9)/b5-4-,8-7-,11-10+;/t;2-/m.0/s1. The lowest BCUT2D eigenvalue weighted by molar-refractivity contribution is -0.137. The Labute approximate surface area is 191 Å². The van der Waals surface area contributed by atoms with Gasteiger partial charge in [0.05, 0.1) is 0 Å². The summed E-state index contributed by atoms with van der Waals surface area (Å²) in [6, 6.07) is -1.28. The van der Waals surface area contributed by atoms with Crippen molar-refractivity contribution in [2.24, 2.45) is 5.73 Å². The smallest absolute Gasteiger partial charge is 0.321 e. The van der Waals surface area contributed by atoms with Gasteiger partial charge >= 0.3 is 15.1 Å². The Hall–Kier alpha value is -1.42. The Bertz CT molecular complexity index is 657. The second-order valence-corrected chi connectivity index (χ2v) is 10.4. The SMILES string of the molecule is CC/C=C\C/C=C\C/C=C/CCCCCCCC(C)=O.N[C@@H](CSS(=O)(=O)O)C(=O)O. The van der Waals surface area contributed by atoms with Crippen LogP contribution in [-0.2, 0) is 18.7 Å².